The molecule has 1 atom stereocenters. The van der Waals surface area contributed by atoms with Gasteiger partial charge in [-0.05, 0) is 53.1 Å². The quantitative estimate of drug-likeness (QED) is 0.695. The van der Waals surface area contributed by atoms with Gasteiger partial charge in [0, 0.05) is 0 Å². The molecule has 0 spiro atoms. The van der Waals surface area contributed by atoms with E-state index in [0.717, 1.165) is 21.4 Å². The van der Waals surface area contributed by atoms with E-state index in [-0.39, 0.29) is 12.5 Å². The number of benzene rings is 3. The smallest absolute Gasteiger partial charge is 0.325 e. The van der Waals surface area contributed by atoms with Crippen LogP contribution in [0.15, 0.2) is 60.7 Å². The highest BCUT2D eigenvalue weighted by molar-refractivity contribution is 6.07. The fourth-order valence-electron chi connectivity index (χ4n) is 3.64. The van der Waals surface area contributed by atoms with Crippen molar-refractivity contribution in [1.82, 2.24) is 10.2 Å². The van der Waals surface area contributed by atoms with Gasteiger partial charge >= 0.3 is 6.03 Å². The first-order valence-electron chi connectivity index (χ1n) is 9.16. The van der Waals surface area contributed by atoms with E-state index in [2.05, 4.69) is 11.4 Å². The standard InChI is InChI=1S/C23H19N3O3/c1-23(19-9-7-16-12-20(29-2)10-8-15(16)11-19)21(27)26(22(28)25-23)14-18-6-4-3-5-17(18)13-24/h3-12H,14H2,1-2H3,(H,25,28). The number of methoxy groups -OCH3 is 1. The Balaban J connectivity index is 1.68. The Morgan fingerprint density at radius 3 is 2.55 bits per heavy atom. The molecule has 4 rings (SSSR count). The van der Waals surface area contributed by atoms with E-state index in [9.17, 15) is 14.9 Å². The third-order valence-corrected chi connectivity index (χ3v) is 5.37. The van der Waals surface area contributed by atoms with Crippen LogP contribution in [-0.4, -0.2) is 23.9 Å². The van der Waals surface area contributed by atoms with E-state index in [0.29, 0.717) is 16.7 Å². The van der Waals surface area contributed by atoms with Gasteiger partial charge in [0.05, 0.1) is 25.3 Å². The molecule has 29 heavy (non-hydrogen) atoms. The number of nitrogens with one attached hydrogen (secondary N) is 1. The molecule has 0 aromatic heterocycles. The molecule has 0 saturated carbocycles. The minimum absolute atomic E-state index is 0.0504. The lowest BCUT2D eigenvalue weighted by molar-refractivity contribution is -0.131. The predicted molar refractivity (Wildman–Crippen MR) is 108 cm³/mol. The molecule has 6 nitrogen and oxygen atoms in total. The normalized spacial score (nSPS) is 18.6. The third kappa shape index (κ3) is 3.07. The van der Waals surface area contributed by atoms with E-state index in [4.69, 9.17) is 4.74 Å². The van der Waals surface area contributed by atoms with Gasteiger partial charge in [-0.1, -0.05) is 36.4 Å². The molecular weight excluding hydrogens is 366 g/mol. The van der Waals surface area contributed by atoms with Crippen molar-refractivity contribution in [2.75, 3.05) is 7.11 Å². The van der Waals surface area contributed by atoms with Crippen molar-refractivity contribution in [2.45, 2.75) is 19.0 Å². The van der Waals surface area contributed by atoms with Crippen molar-refractivity contribution in [1.29, 1.82) is 5.26 Å². The van der Waals surface area contributed by atoms with Crippen molar-refractivity contribution in [3.63, 3.8) is 0 Å². The molecule has 1 N–H and O–H groups in total. The van der Waals surface area contributed by atoms with Crippen LogP contribution in [0.1, 0.15) is 23.6 Å². The predicted octanol–water partition coefficient (Wildman–Crippen LogP) is 3.69. The molecule has 0 aliphatic carbocycles. The number of fused-ring (bicyclic) bond motifs is 1. The monoisotopic (exact) mass is 385 g/mol. The summed E-state index contributed by atoms with van der Waals surface area (Å²) in [6.07, 6.45) is 0. The lowest BCUT2D eigenvalue weighted by Crippen LogP contribution is -2.40. The number of rotatable bonds is 4. The maximum absolute atomic E-state index is 13.2. The van der Waals surface area contributed by atoms with Gasteiger partial charge in [-0.3, -0.25) is 9.69 Å². The fraction of sp³-hybridized carbons (Fsp3) is 0.174. The molecule has 1 aliphatic rings. The number of hydrogen-bond donors (Lipinski definition) is 1. The number of imide groups is 1. The van der Waals surface area contributed by atoms with Gasteiger partial charge in [0.15, 0.2) is 0 Å². The van der Waals surface area contributed by atoms with Gasteiger partial charge in [-0.2, -0.15) is 5.26 Å². The Bertz CT molecular complexity index is 1180. The SMILES string of the molecule is COc1ccc2cc(C3(C)NC(=O)N(Cc4ccccc4C#N)C3=O)ccc2c1. The van der Waals surface area contributed by atoms with Crippen LogP contribution < -0.4 is 10.1 Å². The minimum atomic E-state index is -1.17. The molecule has 1 fully saturated rings. The number of amides is 3. The maximum atomic E-state index is 13.2. The van der Waals surface area contributed by atoms with E-state index in [1.807, 2.05) is 36.4 Å². The zero-order chi connectivity index (χ0) is 20.6. The van der Waals surface area contributed by atoms with Gasteiger partial charge < -0.3 is 10.1 Å². The van der Waals surface area contributed by atoms with Crippen LogP contribution in [0.2, 0.25) is 0 Å². The number of carbonyl (C=O) groups is 2. The second-order valence-corrected chi connectivity index (χ2v) is 7.14. The van der Waals surface area contributed by atoms with Crippen LogP contribution >= 0.6 is 0 Å². The summed E-state index contributed by atoms with van der Waals surface area (Å²) in [5.41, 5.74) is 0.603. The number of urea groups is 1. The lowest BCUT2D eigenvalue weighted by atomic mass is 9.90. The Morgan fingerprint density at radius 1 is 1.07 bits per heavy atom. The van der Waals surface area contributed by atoms with Crippen molar-refractivity contribution < 1.29 is 14.3 Å². The molecule has 0 radical (unpaired) electrons. The van der Waals surface area contributed by atoms with E-state index < -0.39 is 11.6 Å². The van der Waals surface area contributed by atoms with E-state index >= 15 is 0 Å². The molecule has 3 aromatic carbocycles. The van der Waals surface area contributed by atoms with Crippen molar-refractivity contribution >= 4 is 22.7 Å². The Kier molecular flexibility index (Phi) is 4.44. The van der Waals surface area contributed by atoms with Gasteiger partial charge in [-0.15, -0.1) is 0 Å². The van der Waals surface area contributed by atoms with Crippen LogP contribution in [0.25, 0.3) is 10.8 Å². The maximum Gasteiger partial charge on any atom is 0.325 e. The van der Waals surface area contributed by atoms with Crippen LogP contribution in [0.4, 0.5) is 4.79 Å². The summed E-state index contributed by atoms with van der Waals surface area (Å²) in [6, 6.07) is 19.9. The third-order valence-electron chi connectivity index (χ3n) is 5.37. The van der Waals surface area contributed by atoms with Gasteiger partial charge in [0.2, 0.25) is 0 Å². The average molecular weight is 385 g/mol. The Morgan fingerprint density at radius 2 is 1.79 bits per heavy atom. The first-order valence-corrected chi connectivity index (χ1v) is 9.16. The minimum Gasteiger partial charge on any atom is -0.497 e. The summed E-state index contributed by atoms with van der Waals surface area (Å²) in [4.78, 5) is 27.0. The van der Waals surface area contributed by atoms with Crippen LogP contribution in [0.5, 0.6) is 5.75 Å². The Hall–Kier alpha value is -3.85. The molecule has 0 bridgehead atoms. The molecule has 1 heterocycles. The van der Waals surface area contributed by atoms with E-state index in [1.54, 1.807) is 38.3 Å². The first-order chi connectivity index (χ1) is 14.0. The fourth-order valence-corrected chi connectivity index (χ4v) is 3.64. The molecule has 1 unspecified atom stereocenters. The molecular formula is C23H19N3O3. The lowest BCUT2D eigenvalue weighted by Gasteiger charge is -2.23. The number of hydrogen-bond acceptors (Lipinski definition) is 4. The topological polar surface area (TPSA) is 82.4 Å². The van der Waals surface area contributed by atoms with Crippen molar-refractivity contribution in [3.05, 3.63) is 77.4 Å². The highest BCUT2D eigenvalue weighted by Gasteiger charge is 2.49. The molecule has 144 valence electrons. The molecule has 3 amide bonds. The largest absolute Gasteiger partial charge is 0.497 e. The van der Waals surface area contributed by atoms with E-state index in [1.165, 1.54) is 0 Å². The highest BCUT2D eigenvalue weighted by Crippen LogP contribution is 2.32. The molecule has 1 aliphatic heterocycles. The summed E-state index contributed by atoms with van der Waals surface area (Å²) in [7, 11) is 1.61. The molecule has 1 saturated heterocycles. The highest BCUT2D eigenvalue weighted by atomic mass is 16.5. The number of ether oxygens (including phenoxy) is 1. The van der Waals surface area contributed by atoms with Crippen LogP contribution in [0.3, 0.4) is 0 Å². The van der Waals surface area contributed by atoms with Crippen LogP contribution in [0, 0.1) is 11.3 Å². The summed E-state index contributed by atoms with van der Waals surface area (Å²) in [6.45, 7) is 1.75. The van der Waals surface area contributed by atoms with Gasteiger partial charge in [0.25, 0.3) is 5.91 Å². The van der Waals surface area contributed by atoms with Gasteiger partial charge in [0.1, 0.15) is 11.3 Å². The summed E-state index contributed by atoms with van der Waals surface area (Å²) in [5, 5.41) is 14.0. The number of nitrogens with zero attached hydrogens (tertiary/aromatic N) is 2. The molecule has 3 aromatic rings. The van der Waals surface area contributed by atoms with Gasteiger partial charge in [-0.25, -0.2) is 4.79 Å². The zero-order valence-corrected chi connectivity index (χ0v) is 16.1. The first kappa shape index (κ1) is 18.5. The van der Waals surface area contributed by atoms with Crippen LogP contribution in [-0.2, 0) is 16.9 Å². The second kappa shape index (κ2) is 6.95. The summed E-state index contributed by atoms with van der Waals surface area (Å²) < 4.78 is 5.25. The van der Waals surface area contributed by atoms with Crippen molar-refractivity contribution in [3.8, 4) is 11.8 Å². The number of nitriles is 1. The average Bonchev–Trinajstić information content (AvgIpc) is 2.97. The van der Waals surface area contributed by atoms with Crippen molar-refractivity contribution in [2.24, 2.45) is 0 Å². The molecule has 6 heteroatoms. The summed E-state index contributed by atoms with van der Waals surface area (Å²) in [5.74, 6) is 0.409. The zero-order valence-electron chi connectivity index (χ0n) is 16.1. The number of carbonyl (C=O) groups excluding carboxylic acids is 2. The second-order valence-electron chi connectivity index (χ2n) is 7.14. The Labute approximate surface area is 168 Å². The summed E-state index contributed by atoms with van der Waals surface area (Å²) >= 11 is 0.